The molecule has 4 rings (SSSR count). The lowest BCUT2D eigenvalue weighted by molar-refractivity contribution is -0.137. The number of piperazine rings is 1. The van der Waals surface area contributed by atoms with Gasteiger partial charge in [-0.25, -0.2) is 13.4 Å². The number of hydrogen-bond acceptors (Lipinski definition) is 5. The standard InChI is InChI=1S/C22H30ClN5O3S/c1-17(2)27-15-21(24-16-27)32(30,31)28-9-7-18(8-10-28)22(29)26-13-11-25(12-14-26)20-5-3-19(23)4-6-20/h3-6,15-18H,7-14H2,1-2H3. The third kappa shape index (κ3) is 4.79. The highest BCUT2D eigenvalue weighted by molar-refractivity contribution is 7.89. The summed E-state index contributed by atoms with van der Waals surface area (Å²) in [6.07, 6.45) is 4.22. The first-order valence-electron chi connectivity index (χ1n) is 11.1. The van der Waals surface area contributed by atoms with Crippen LogP contribution in [0.3, 0.4) is 0 Å². The molecule has 0 spiro atoms. The third-order valence-corrected chi connectivity index (χ3v) is 8.40. The van der Waals surface area contributed by atoms with Crippen molar-refractivity contribution in [2.45, 2.75) is 37.8 Å². The molecule has 1 amide bonds. The van der Waals surface area contributed by atoms with E-state index in [1.807, 2.05) is 43.0 Å². The van der Waals surface area contributed by atoms with Crippen molar-refractivity contribution in [3.63, 3.8) is 0 Å². The van der Waals surface area contributed by atoms with Crippen LogP contribution < -0.4 is 4.90 Å². The van der Waals surface area contributed by atoms with Crippen molar-refractivity contribution in [2.24, 2.45) is 5.92 Å². The zero-order chi connectivity index (χ0) is 22.9. The van der Waals surface area contributed by atoms with Crippen molar-refractivity contribution in [1.29, 1.82) is 0 Å². The van der Waals surface area contributed by atoms with E-state index >= 15 is 0 Å². The Kier molecular flexibility index (Phi) is 6.78. The topological polar surface area (TPSA) is 78.8 Å². The molecule has 2 aromatic rings. The molecule has 0 aliphatic carbocycles. The Morgan fingerprint density at radius 2 is 1.66 bits per heavy atom. The number of hydrogen-bond donors (Lipinski definition) is 0. The van der Waals surface area contributed by atoms with E-state index in [0.29, 0.717) is 44.0 Å². The Bertz CT molecular complexity index is 1040. The van der Waals surface area contributed by atoms with Crippen LogP contribution in [0, 0.1) is 5.92 Å². The number of piperidine rings is 1. The molecule has 0 unspecified atom stereocenters. The summed E-state index contributed by atoms with van der Waals surface area (Å²) in [5.74, 6) is 0.0126. The molecule has 2 aliphatic rings. The largest absolute Gasteiger partial charge is 0.368 e. The SMILES string of the molecule is CC(C)n1cnc(S(=O)(=O)N2CCC(C(=O)N3CCN(c4ccc(Cl)cc4)CC3)CC2)c1. The van der Waals surface area contributed by atoms with Crippen LogP contribution in [0.2, 0.25) is 5.02 Å². The van der Waals surface area contributed by atoms with E-state index in [9.17, 15) is 13.2 Å². The Hall–Kier alpha value is -2.10. The first-order valence-corrected chi connectivity index (χ1v) is 12.9. The average molecular weight is 480 g/mol. The van der Waals surface area contributed by atoms with Gasteiger partial charge in [-0.15, -0.1) is 0 Å². The molecule has 1 aromatic heterocycles. The highest BCUT2D eigenvalue weighted by atomic mass is 35.5. The molecule has 2 fully saturated rings. The lowest BCUT2D eigenvalue weighted by Gasteiger charge is -2.39. The molecule has 2 saturated heterocycles. The van der Waals surface area contributed by atoms with Gasteiger partial charge in [-0.05, 0) is 51.0 Å². The summed E-state index contributed by atoms with van der Waals surface area (Å²) in [6.45, 7) is 7.54. The Labute approximate surface area is 194 Å². The zero-order valence-electron chi connectivity index (χ0n) is 18.5. The summed E-state index contributed by atoms with van der Waals surface area (Å²) in [5.41, 5.74) is 1.11. The van der Waals surface area contributed by atoms with Crippen molar-refractivity contribution in [3.8, 4) is 0 Å². The Morgan fingerprint density at radius 3 is 2.22 bits per heavy atom. The molecule has 0 atom stereocenters. The van der Waals surface area contributed by atoms with E-state index in [2.05, 4.69) is 9.88 Å². The lowest BCUT2D eigenvalue weighted by Crippen LogP contribution is -2.52. The second kappa shape index (κ2) is 9.41. The van der Waals surface area contributed by atoms with Gasteiger partial charge in [-0.3, -0.25) is 4.79 Å². The van der Waals surface area contributed by atoms with Crippen LogP contribution in [-0.4, -0.2) is 72.3 Å². The van der Waals surface area contributed by atoms with Gasteiger partial charge in [-0.2, -0.15) is 4.31 Å². The summed E-state index contributed by atoms with van der Waals surface area (Å²) in [5, 5.41) is 0.790. The van der Waals surface area contributed by atoms with Gasteiger partial charge in [0.15, 0.2) is 5.03 Å². The van der Waals surface area contributed by atoms with E-state index in [0.717, 1.165) is 18.8 Å². The molecule has 3 heterocycles. The van der Waals surface area contributed by atoms with Crippen LogP contribution in [-0.2, 0) is 14.8 Å². The van der Waals surface area contributed by atoms with E-state index < -0.39 is 10.0 Å². The highest BCUT2D eigenvalue weighted by Gasteiger charge is 2.35. The summed E-state index contributed by atoms with van der Waals surface area (Å²) in [7, 11) is -3.63. The third-order valence-electron chi connectivity index (χ3n) is 6.36. The number of anilines is 1. The number of aromatic nitrogens is 2. The maximum atomic E-state index is 13.1. The molecule has 0 radical (unpaired) electrons. The fourth-order valence-electron chi connectivity index (χ4n) is 4.30. The van der Waals surface area contributed by atoms with Gasteiger partial charge in [0.2, 0.25) is 5.91 Å². The number of imidazole rings is 1. The maximum absolute atomic E-state index is 13.1. The van der Waals surface area contributed by atoms with E-state index in [1.165, 1.54) is 4.31 Å². The summed E-state index contributed by atoms with van der Waals surface area (Å²) in [6, 6.07) is 7.91. The van der Waals surface area contributed by atoms with Crippen LogP contribution in [0.5, 0.6) is 0 Å². The number of amides is 1. The molecule has 1 aromatic carbocycles. The highest BCUT2D eigenvalue weighted by Crippen LogP contribution is 2.26. The maximum Gasteiger partial charge on any atom is 0.262 e. The predicted octanol–water partition coefficient (Wildman–Crippen LogP) is 2.87. The van der Waals surface area contributed by atoms with Crippen LogP contribution >= 0.6 is 11.6 Å². The predicted molar refractivity (Wildman–Crippen MR) is 124 cm³/mol. The van der Waals surface area contributed by atoms with Crippen LogP contribution in [0.15, 0.2) is 41.8 Å². The van der Waals surface area contributed by atoms with E-state index in [1.54, 1.807) is 17.1 Å². The van der Waals surface area contributed by atoms with Gasteiger partial charge in [-0.1, -0.05) is 11.6 Å². The molecule has 8 nitrogen and oxygen atoms in total. The molecule has 174 valence electrons. The van der Waals surface area contributed by atoms with Crippen LogP contribution in [0.4, 0.5) is 5.69 Å². The molecule has 0 bridgehead atoms. The van der Waals surface area contributed by atoms with Crippen molar-refractivity contribution in [1.82, 2.24) is 18.8 Å². The lowest BCUT2D eigenvalue weighted by atomic mass is 9.96. The van der Waals surface area contributed by atoms with Crippen molar-refractivity contribution < 1.29 is 13.2 Å². The van der Waals surface area contributed by atoms with Crippen molar-refractivity contribution >= 4 is 33.2 Å². The second-order valence-corrected chi connectivity index (χ2v) is 11.0. The average Bonchev–Trinajstić information content (AvgIpc) is 3.31. The number of carbonyl (C=O) groups is 1. The summed E-state index contributed by atoms with van der Waals surface area (Å²) >= 11 is 5.97. The monoisotopic (exact) mass is 479 g/mol. The quantitative estimate of drug-likeness (QED) is 0.658. The molecule has 32 heavy (non-hydrogen) atoms. The first-order chi connectivity index (χ1) is 15.3. The number of rotatable bonds is 5. The molecule has 2 aliphatic heterocycles. The Balaban J connectivity index is 1.30. The van der Waals surface area contributed by atoms with Crippen LogP contribution in [0.25, 0.3) is 0 Å². The molecular weight excluding hydrogens is 450 g/mol. The van der Waals surface area contributed by atoms with Gasteiger partial charge in [0, 0.05) is 68.1 Å². The zero-order valence-corrected chi connectivity index (χ0v) is 20.1. The Morgan fingerprint density at radius 1 is 1.03 bits per heavy atom. The van der Waals surface area contributed by atoms with Gasteiger partial charge >= 0.3 is 0 Å². The molecule has 0 saturated carbocycles. The summed E-state index contributed by atoms with van der Waals surface area (Å²) < 4.78 is 29.1. The van der Waals surface area contributed by atoms with Crippen molar-refractivity contribution in [2.75, 3.05) is 44.2 Å². The first kappa shape index (κ1) is 23.1. The van der Waals surface area contributed by atoms with Gasteiger partial charge in [0.25, 0.3) is 10.0 Å². The number of carbonyl (C=O) groups excluding carboxylic acids is 1. The summed E-state index contributed by atoms with van der Waals surface area (Å²) in [4.78, 5) is 21.3. The minimum Gasteiger partial charge on any atom is -0.368 e. The second-order valence-electron chi connectivity index (χ2n) is 8.72. The number of halogens is 1. The molecule has 0 N–H and O–H groups in total. The number of nitrogens with zero attached hydrogens (tertiary/aromatic N) is 5. The normalized spacial score (nSPS) is 19.0. The van der Waals surface area contributed by atoms with Gasteiger partial charge in [0.05, 0.1) is 6.33 Å². The minimum atomic E-state index is -3.63. The molecular formula is C22H30ClN5O3S. The van der Waals surface area contributed by atoms with Gasteiger partial charge in [0.1, 0.15) is 0 Å². The molecule has 10 heteroatoms. The van der Waals surface area contributed by atoms with E-state index in [-0.39, 0.29) is 22.9 Å². The minimum absolute atomic E-state index is 0.0781. The van der Waals surface area contributed by atoms with Crippen molar-refractivity contribution in [3.05, 3.63) is 41.8 Å². The number of benzene rings is 1. The smallest absolute Gasteiger partial charge is 0.262 e. The number of sulfonamides is 1. The van der Waals surface area contributed by atoms with Gasteiger partial charge < -0.3 is 14.4 Å². The van der Waals surface area contributed by atoms with E-state index in [4.69, 9.17) is 11.6 Å². The van der Waals surface area contributed by atoms with Crippen LogP contribution in [0.1, 0.15) is 32.7 Å². The fraction of sp³-hybridized carbons (Fsp3) is 0.545. The fourth-order valence-corrected chi connectivity index (χ4v) is 5.82.